The van der Waals surface area contributed by atoms with Crippen LogP contribution in [0.4, 0.5) is 0 Å². The van der Waals surface area contributed by atoms with Crippen LogP contribution in [0.2, 0.25) is 0 Å². The minimum absolute atomic E-state index is 0.0725. The number of aromatic nitrogens is 1. The van der Waals surface area contributed by atoms with Gasteiger partial charge in [0.1, 0.15) is 5.56 Å². The van der Waals surface area contributed by atoms with Gasteiger partial charge in [0.2, 0.25) is 0 Å². The number of amides is 1. The van der Waals surface area contributed by atoms with Crippen LogP contribution >= 0.6 is 0 Å². The van der Waals surface area contributed by atoms with E-state index < -0.39 is 0 Å². The maximum absolute atomic E-state index is 12.7. The number of carbonyl (C=O) groups excluding carboxylic acids is 1. The molecule has 0 bridgehead atoms. The summed E-state index contributed by atoms with van der Waals surface area (Å²) < 4.78 is 0. The van der Waals surface area contributed by atoms with Gasteiger partial charge in [-0.15, -0.1) is 0 Å². The highest BCUT2D eigenvalue weighted by molar-refractivity contribution is 5.94. The third-order valence-corrected chi connectivity index (χ3v) is 4.49. The van der Waals surface area contributed by atoms with Gasteiger partial charge in [-0.1, -0.05) is 30.3 Å². The van der Waals surface area contributed by atoms with Crippen molar-refractivity contribution in [3.05, 3.63) is 70.1 Å². The summed E-state index contributed by atoms with van der Waals surface area (Å²) in [7, 11) is 0. The number of pyridine rings is 1. The van der Waals surface area contributed by atoms with Gasteiger partial charge in [0.05, 0.1) is 0 Å². The van der Waals surface area contributed by atoms with Crippen molar-refractivity contribution in [2.45, 2.75) is 25.9 Å². The van der Waals surface area contributed by atoms with Crippen molar-refractivity contribution < 1.29 is 4.79 Å². The Labute approximate surface area is 141 Å². The highest BCUT2D eigenvalue weighted by atomic mass is 16.2. The lowest BCUT2D eigenvalue weighted by atomic mass is 10.2. The zero-order valence-electron chi connectivity index (χ0n) is 13.9. The average molecular weight is 325 g/mol. The van der Waals surface area contributed by atoms with E-state index in [0.717, 1.165) is 26.1 Å². The molecule has 3 rings (SSSR count). The standard InChI is InChI=1S/C19H23N3O2/c1-15-13-21(14-16-7-3-2-4-8-16)11-6-12-22(15)19(24)17-9-5-10-20-18(17)23/h2-5,7-10,15H,6,11-14H2,1H3,(H,20,23)/t15-/m1/s1. The second-order valence-electron chi connectivity index (χ2n) is 6.33. The van der Waals surface area contributed by atoms with Crippen molar-refractivity contribution in [2.24, 2.45) is 0 Å². The van der Waals surface area contributed by atoms with E-state index >= 15 is 0 Å². The molecule has 2 heterocycles. The Bertz CT molecular complexity index is 742. The van der Waals surface area contributed by atoms with Crippen LogP contribution in [0.15, 0.2) is 53.5 Å². The van der Waals surface area contributed by atoms with E-state index in [2.05, 4.69) is 28.9 Å². The molecule has 24 heavy (non-hydrogen) atoms. The van der Waals surface area contributed by atoms with Crippen molar-refractivity contribution >= 4 is 5.91 Å². The molecule has 1 aromatic heterocycles. The summed E-state index contributed by atoms with van der Waals surface area (Å²) in [6.07, 6.45) is 2.46. The fourth-order valence-electron chi connectivity index (χ4n) is 3.28. The maximum atomic E-state index is 12.7. The van der Waals surface area contributed by atoms with Crippen molar-refractivity contribution in [3.63, 3.8) is 0 Å². The van der Waals surface area contributed by atoms with Crippen LogP contribution in [-0.4, -0.2) is 46.4 Å². The number of aromatic amines is 1. The summed E-state index contributed by atoms with van der Waals surface area (Å²) in [5, 5.41) is 0. The zero-order valence-corrected chi connectivity index (χ0v) is 13.9. The molecule has 1 N–H and O–H groups in total. The van der Waals surface area contributed by atoms with Crippen molar-refractivity contribution in [3.8, 4) is 0 Å². The van der Waals surface area contributed by atoms with Gasteiger partial charge in [0, 0.05) is 38.4 Å². The van der Waals surface area contributed by atoms with E-state index in [9.17, 15) is 9.59 Å². The quantitative estimate of drug-likeness (QED) is 0.940. The average Bonchev–Trinajstić information content (AvgIpc) is 2.77. The first-order chi connectivity index (χ1) is 11.6. The molecule has 0 radical (unpaired) electrons. The molecule has 5 nitrogen and oxygen atoms in total. The number of rotatable bonds is 3. The predicted molar refractivity (Wildman–Crippen MR) is 93.9 cm³/mol. The normalized spacial score (nSPS) is 19.0. The van der Waals surface area contributed by atoms with Crippen LogP contribution in [0.25, 0.3) is 0 Å². The molecule has 0 spiro atoms. The molecule has 0 aliphatic carbocycles. The van der Waals surface area contributed by atoms with Crippen molar-refractivity contribution in [1.29, 1.82) is 0 Å². The molecule has 5 heteroatoms. The molecular formula is C19H23N3O2. The third-order valence-electron chi connectivity index (χ3n) is 4.49. The van der Waals surface area contributed by atoms with E-state index in [-0.39, 0.29) is 23.1 Å². The number of nitrogens with zero attached hydrogens (tertiary/aromatic N) is 2. The summed E-state index contributed by atoms with van der Waals surface area (Å²) >= 11 is 0. The van der Waals surface area contributed by atoms with Crippen LogP contribution in [0.3, 0.4) is 0 Å². The first-order valence-electron chi connectivity index (χ1n) is 8.40. The molecule has 2 aromatic rings. The Morgan fingerprint density at radius 2 is 1.96 bits per heavy atom. The summed E-state index contributed by atoms with van der Waals surface area (Å²) in [6.45, 7) is 5.39. The predicted octanol–water partition coefficient (Wildman–Crippen LogP) is 2.11. The van der Waals surface area contributed by atoms with E-state index in [0.29, 0.717) is 6.54 Å². The minimum atomic E-state index is -0.319. The van der Waals surface area contributed by atoms with E-state index in [1.807, 2.05) is 23.1 Å². The van der Waals surface area contributed by atoms with Crippen LogP contribution in [0, 0.1) is 0 Å². The largest absolute Gasteiger partial charge is 0.334 e. The fourth-order valence-corrected chi connectivity index (χ4v) is 3.28. The monoisotopic (exact) mass is 325 g/mol. The molecule has 1 fully saturated rings. The van der Waals surface area contributed by atoms with Crippen molar-refractivity contribution in [1.82, 2.24) is 14.8 Å². The number of nitrogens with one attached hydrogen (secondary N) is 1. The van der Waals surface area contributed by atoms with Gasteiger partial charge in [0.15, 0.2) is 0 Å². The number of H-pyrrole nitrogens is 1. The molecule has 1 aliphatic heterocycles. The molecule has 1 atom stereocenters. The lowest BCUT2D eigenvalue weighted by Gasteiger charge is -2.29. The van der Waals surface area contributed by atoms with E-state index in [1.165, 1.54) is 5.56 Å². The Morgan fingerprint density at radius 1 is 1.17 bits per heavy atom. The topological polar surface area (TPSA) is 56.4 Å². The number of carbonyl (C=O) groups is 1. The number of hydrogen-bond acceptors (Lipinski definition) is 3. The Kier molecular flexibility index (Phi) is 5.11. The van der Waals surface area contributed by atoms with Gasteiger partial charge < -0.3 is 9.88 Å². The highest BCUT2D eigenvalue weighted by Gasteiger charge is 2.27. The molecular weight excluding hydrogens is 302 g/mol. The summed E-state index contributed by atoms with van der Waals surface area (Å²) in [4.78, 5) is 31.4. The van der Waals surface area contributed by atoms with Crippen LogP contribution < -0.4 is 5.56 Å². The summed E-state index contributed by atoms with van der Waals surface area (Å²) in [6, 6.07) is 13.7. The fraction of sp³-hybridized carbons (Fsp3) is 0.368. The first kappa shape index (κ1) is 16.5. The second-order valence-corrected chi connectivity index (χ2v) is 6.33. The number of benzene rings is 1. The van der Waals surface area contributed by atoms with Gasteiger partial charge in [-0.25, -0.2) is 0 Å². The van der Waals surface area contributed by atoms with Gasteiger partial charge in [-0.3, -0.25) is 14.5 Å². The van der Waals surface area contributed by atoms with Gasteiger partial charge in [0.25, 0.3) is 11.5 Å². The summed E-state index contributed by atoms with van der Waals surface area (Å²) in [5.74, 6) is -0.175. The van der Waals surface area contributed by atoms with Crippen LogP contribution in [0.5, 0.6) is 0 Å². The Morgan fingerprint density at radius 3 is 2.71 bits per heavy atom. The van der Waals surface area contributed by atoms with E-state index in [1.54, 1.807) is 18.3 Å². The lowest BCUT2D eigenvalue weighted by Crippen LogP contribution is -2.44. The Balaban J connectivity index is 1.70. The third kappa shape index (κ3) is 3.74. The zero-order chi connectivity index (χ0) is 16.9. The minimum Gasteiger partial charge on any atom is -0.334 e. The van der Waals surface area contributed by atoms with Crippen LogP contribution in [-0.2, 0) is 6.54 Å². The lowest BCUT2D eigenvalue weighted by molar-refractivity contribution is 0.0689. The van der Waals surface area contributed by atoms with E-state index in [4.69, 9.17) is 0 Å². The molecule has 1 saturated heterocycles. The highest BCUT2D eigenvalue weighted by Crippen LogP contribution is 2.15. The van der Waals surface area contributed by atoms with Crippen LogP contribution in [0.1, 0.15) is 29.3 Å². The molecule has 0 unspecified atom stereocenters. The van der Waals surface area contributed by atoms with Gasteiger partial charge >= 0.3 is 0 Å². The maximum Gasteiger partial charge on any atom is 0.260 e. The molecule has 1 aliphatic rings. The first-order valence-corrected chi connectivity index (χ1v) is 8.40. The number of hydrogen-bond donors (Lipinski definition) is 1. The Hall–Kier alpha value is -2.40. The molecule has 126 valence electrons. The molecule has 1 amide bonds. The molecule has 0 saturated carbocycles. The smallest absolute Gasteiger partial charge is 0.260 e. The SMILES string of the molecule is C[C@@H]1CN(Cc2ccccc2)CCCN1C(=O)c1ccc[nH]c1=O. The van der Waals surface area contributed by atoms with Gasteiger partial charge in [-0.2, -0.15) is 0 Å². The summed E-state index contributed by atoms with van der Waals surface area (Å²) in [5.41, 5.74) is 1.19. The van der Waals surface area contributed by atoms with Crippen molar-refractivity contribution in [2.75, 3.05) is 19.6 Å². The second kappa shape index (κ2) is 7.45. The van der Waals surface area contributed by atoms with Gasteiger partial charge in [-0.05, 0) is 31.0 Å². The molecule has 1 aromatic carbocycles.